The van der Waals surface area contributed by atoms with Crippen LogP contribution in [0.5, 0.6) is 0 Å². The lowest BCUT2D eigenvalue weighted by Crippen LogP contribution is -2.02. The lowest BCUT2D eigenvalue weighted by Gasteiger charge is -2.12. The van der Waals surface area contributed by atoms with E-state index >= 15 is 0 Å². The van der Waals surface area contributed by atoms with Gasteiger partial charge in [-0.3, -0.25) is 0 Å². The van der Waals surface area contributed by atoms with Crippen molar-refractivity contribution in [2.45, 2.75) is 11.3 Å². The van der Waals surface area contributed by atoms with Crippen molar-refractivity contribution in [3.8, 4) is 0 Å². The number of aromatic nitrogens is 2. The third kappa shape index (κ3) is 3.20. The molecule has 1 aromatic carbocycles. The molecule has 0 amide bonds. The first kappa shape index (κ1) is 13.7. The van der Waals surface area contributed by atoms with Crippen molar-refractivity contribution in [3.63, 3.8) is 0 Å². The largest absolute Gasteiger partial charge is 0.387 e. The van der Waals surface area contributed by atoms with Crippen LogP contribution in [0.15, 0.2) is 35.7 Å². The Morgan fingerprint density at radius 3 is 2.83 bits per heavy atom. The van der Waals surface area contributed by atoms with Crippen LogP contribution in [0, 0.1) is 0 Å². The van der Waals surface area contributed by atoms with E-state index in [-0.39, 0.29) is 0 Å². The van der Waals surface area contributed by atoms with Crippen LogP contribution in [-0.2, 0) is 7.05 Å². The van der Waals surface area contributed by atoms with Crippen molar-refractivity contribution in [1.29, 1.82) is 0 Å². The van der Waals surface area contributed by atoms with Gasteiger partial charge in [-0.1, -0.05) is 41.0 Å². The molecule has 6 heteroatoms. The van der Waals surface area contributed by atoms with E-state index in [1.807, 2.05) is 17.8 Å². The Morgan fingerprint density at radius 2 is 2.22 bits per heavy atom. The standard InChI is InChI=1S/C12H12Cl2N2OS/c1-16-5-4-15-12(16)18-7-11(17)9-3-2-8(13)6-10(9)14/h2-6,11,17H,7H2,1H3. The number of nitrogens with zero attached hydrogens (tertiary/aromatic N) is 2. The van der Waals surface area contributed by atoms with Gasteiger partial charge in [0.2, 0.25) is 0 Å². The number of rotatable bonds is 4. The SMILES string of the molecule is Cn1ccnc1SCC(O)c1ccc(Cl)cc1Cl. The molecule has 1 atom stereocenters. The van der Waals surface area contributed by atoms with E-state index in [0.717, 1.165) is 5.16 Å². The van der Waals surface area contributed by atoms with Gasteiger partial charge in [-0.15, -0.1) is 0 Å². The van der Waals surface area contributed by atoms with Gasteiger partial charge in [0, 0.05) is 40.8 Å². The van der Waals surface area contributed by atoms with Gasteiger partial charge in [0.05, 0.1) is 6.10 Å². The Morgan fingerprint density at radius 1 is 1.44 bits per heavy atom. The first-order valence-corrected chi connectivity index (χ1v) is 7.05. The minimum Gasteiger partial charge on any atom is -0.387 e. The summed E-state index contributed by atoms with van der Waals surface area (Å²) in [6.45, 7) is 0. The second-order valence-corrected chi connectivity index (χ2v) is 5.64. The van der Waals surface area contributed by atoms with E-state index in [9.17, 15) is 5.11 Å². The fourth-order valence-corrected chi connectivity index (χ4v) is 2.93. The molecule has 1 N–H and O–H groups in total. The Labute approximate surface area is 120 Å². The second-order valence-electron chi connectivity index (χ2n) is 3.81. The van der Waals surface area contributed by atoms with Gasteiger partial charge in [0.15, 0.2) is 5.16 Å². The van der Waals surface area contributed by atoms with Gasteiger partial charge < -0.3 is 9.67 Å². The molecule has 0 spiro atoms. The van der Waals surface area contributed by atoms with Gasteiger partial charge in [0.1, 0.15) is 0 Å². The monoisotopic (exact) mass is 302 g/mol. The molecule has 2 aromatic rings. The fraction of sp³-hybridized carbons (Fsp3) is 0.250. The first-order chi connectivity index (χ1) is 8.58. The van der Waals surface area contributed by atoms with Crippen LogP contribution >= 0.6 is 35.0 Å². The molecule has 0 saturated heterocycles. The average Bonchev–Trinajstić information content (AvgIpc) is 2.72. The van der Waals surface area contributed by atoms with Crippen molar-refractivity contribution < 1.29 is 5.11 Å². The van der Waals surface area contributed by atoms with Crippen LogP contribution in [0.2, 0.25) is 10.0 Å². The molecule has 1 unspecified atom stereocenters. The molecule has 1 heterocycles. The van der Waals surface area contributed by atoms with E-state index in [1.165, 1.54) is 11.8 Å². The van der Waals surface area contributed by atoms with Crippen molar-refractivity contribution in [1.82, 2.24) is 9.55 Å². The second kappa shape index (κ2) is 5.97. The third-order valence-corrected chi connectivity index (χ3v) is 4.17. The zero-order chi connectivity index (χ0) is 13.1. The Hall–Kier alpha value is -0.680. The summed E-state index contributed by atoms with van der Waals surface area (Å²) in [7, 11) is 1.91. The third-order valence-electron chi connectivity index (χ3n) is 2.47. The highest BCUT2D eigenvalue weighted by Crippen LogP contribution is 2.29. The smallest absolute Gasteiger partial charge is 0.167 e. The van der Waals surface area contributed by atoms with Crippen LogP contribution in [0.3, 0.4) is 0 Å². The topological polar surface area (TPSA) is 38.0 Å². The van der Waals surface area contributed by atoms with E-state index in [0.29, 0.717) is 21.4 Å². The summed E-state index contributed by atoms with van der Waals surface area (Å²) in [5.41, 5.74) is 0.683. The number of halogens is 2. The molecule has 0 bridgehead atoms. The molecule has 0 fully saturated rings. The Bertz CT molecular complexity index is 545. The molecule has 3 nitrogen and oxygen atoms in total. The highest BCUT2D eigenvalue weighted by molar-refractivity contribution is 7.99. The number of aliphatic hydroxyl groups excluding tert-OH is 1. The Balaban J connectivity index is 2.03. The summed E-state index contributed by atoms with van der Waals surface area (Å²) in [6, 6.07) is 5.10. The summed E-state index contributed by atoms with van der Waals surface area (Å²) in [5, 5.41) is 12.0. The quantitative estimate of drug-likeness (QED) is 0.878. The van der Waals surface area contributed by atoms with Crippen LogP contribution in [0.1, 0.15) is 11.7 Å². The molecular weight excluding hydrogens is 291 g/mol. The number of hydrogen-bond donors (Lipinski definition) is 1. The van der Waals surface area contributed by atoms with Gasteiger partial charge in [-0.05, 0) is 12.1 Å². The molecule has 2 rings (SSSR count). The summed E-state index contributed by atoms with van der Waals surface area (Å²) in [6.07, 6.45) is 2.95. The minimum absolute atomic E-state index is 0.482. The van der Waals surface area contributed by atoms with Crippen molar-refractivity contribution >= 4 is 35.0 Å². The number of benzene rings is 1. The number of thioether (sulfide) groups is 1. The average molecular weight is 303 g/mol. The highest BCUT2D eigenvalue weighted by Gasteiger charge is 2.13. The summed E-state index contributed by atoms with van der Waals surface area (Å²) in [4.78, 5) is 4.18. The molecule has 96 valence electrons. The minimum atomic E-state index is -0.642. The van der Waals surface area contributed by atoms with Crippen molar-refractivity contribution in [3.05, 3.63) is 46.2 Å². The van der Waals surface area contributed by atoms with Gasteiger partial charge >= 0.3 is 0 Å². The van der Waals surface area contributed by atoms with Crippen LogP contribution in [0.25, 0.3) is 0 Å². The molecule has 18 heavy (non-hydrogen) atoms. The van der Waals surface area contributed by atoms with E-state index in [4.69, 9.17) is 23.2 Å². The predicted molar refractivity (Wildman–Crippen MR) is 75.4 cm³/mol. The normalized spacial score (nSPS) is 12.7. The molecule has 0 aliphatic carbocycles. The molecule has 0 aliphatic rings. The number of hydrogen-bond acceptors (Lipinski definition) is 3. The fourth-order valence-electron chi connectivity index (χ4n) is 1.51. The maximum Gasteiger partial charge on any atom is 0.167 e. The molecule has 0 radical (unpaired) electrons. The van der Waals surface area contributed by atoms with Crippen LogP contribution < -0.4 is 0 Å². The first-order valence-electron chi connectivity index (χ1n) is 5.31. The zero-order valence-electron chi connectivity index (χ0n) is 9.68. The predicted octanol–water partition coefficient (Wildman–Crippen LogP) is 3.55. The lowest BCUT2D eigenvalue weighted by atomic mass is 10.1. The van der Waals surface area contributed by atoms with Crippen LogP contribution in [0.4, 0.5) is 0 Å². The summed E-state index contributed by atoms with van der Waals surface area (Å²) in [5.74, 6) is 0.492. The molecule has 1 aromatic heterocycles. The van der Waals surface area contributed by atoms with Crippen LogP contribution in [-0.4, -0.2) is 20.4 Å². The van der Waals surface area contributed by atoms with E-state index in [2.05, 4.69) is 4.98 Å². The Kier molecular flexibility index (Phi) is 4.56. The maximum absolute atomic E-state index is 10.1. The summed E-state index contributed by atoms with van der Waals surface area (Å²) >= 11 is 13.3. The van der Waals surface area contributed by atoms with Crippen molar-refractivity contribution in [2.75, 3.05) is 5.75 Å². The maximum atomic E-state index is 10.1. The molecule has 0 saturated carbocycles. The van der Waals surface area contributed by atoms with Crippen molar-refractivity contribution in [2.24, 2.45) is 7.05 Å². The number of aryl methyl sites for hydroxylation is 1. The van der Waals surface area contributed by atoms with E-state index in [1.54, 1.807) is 24.4 Å². The zero-order valence-corrected chi connectivity index (χ0v) is 12.0. The van der Waals surface area contributed by atoms with Gasteiger partial charge in [0.25, 0.3) is 0 Å². The van der Waals surface area contributed by atoms with Gasteiger partial charge in [-0.25, -0.2) is 4.98 Å². The van der Waals surface area contributed by atoms with Gasteiger partial charge in [-0.2, -0.15) is 0 Å². The number of aliphatic hydroxyl groups is 1. The molecule has 0 aliphatic heterocycles. The van der Waals surface area contributed by atoms with E-state index < -0.39 is 6.10 Å². The number of imidazole rings is 1. The molecular formula is C12H12Cl2N2OS. The lowest BCUT2D eigenvalue weighted by molar-refractivity contribution is 0.204. The highest BCUT2D eigenvalue weighted by atomic mass is 35.5. The summed E-state index contributed by atoms with van der Waals surface area (Å²) < 4.78 is 1.90.